The van der Waals surface area contributed by atoms with Gasteiger partial charge in [-0.3, -0.25) is 4.99 Å². The third kappa shape index (κ3) is 2.95. The molecule has 1 aromatic heterocycles. The maximum absolute atomic E-state index is 5.43. The van der Waals surface area contributed by atoms with Crippen LogP contribution in [0.3, 0.4) is 0 Å². The molecule has 3 heterocycles. The van der Waals surface area contributed by atoms with Gasteiger partial charge in [0, 0.05) is 51.4 Å². The van der Waals surface area contributed by atoms with Crippen LogP contribution in [0.25, 0.3) is 0 Å². The van der Waals surface area contributed by atoms with Gasteiger partial charge in [0.15, 0.2) is 5.17 Å². The van der Waals surface area contributed by atoms with Crippen LogP contribution in [0, 0.1) is 0 Å². The number of ether oxygens (including phenoxy) is 1. The fourth-order valence-corrected chi connectivity index (χ4v) is 3.76. The van der Waals surface area contributed by atoms with Crippen molar-refractivity contribution >= 4 is 16.9 Å². The molecule has 1 N–H and O–H groups in total. The lowest BCUT2D eigenvalue weighted by Crippen LogP contribution is -2.48. The Labute approximate surface area is 117 Å². The zero-order valence-electron chi connectivity index (χ0n) is 11.3. The standard InChI is InChI=1S/C13H20N4OS/c1-17-7-6-14-11(17)2-5-15-12-16-13(10-19-12)3-8-18-9-4-13/h6-7H,2-5,8-10H2,1H3,(H,15,16). The van der Waals surface area contributed by atoms with Crippen molar-refractivity contribution in [2.45, 2.75) is 24.8 Å². The number of nitrogens with one attached hydrogen (secondary N) is 1. The summed E-state index contributed by atoms with van der Waals surface area (Å²) in [4.78, 5) is 8.98. The molecule has 2 aliphatic heterocycles. The first-order valence-corrected chi connectivity index (χ1v) is 7.75. The highest BCUT2D eigenvalue weighted by atomic mass is 32.2. The number of nitrogens with zero attached hydrogens (tertiary/aromatic N) is 3. The van der Waals surface area contributed by atoms with Crippen molar-refractivity contribution in [3.05, 3.63) is 18.2 Å². The van der Waals surface area contributed by atoms with E-state index in [9.17, 15) is 0 Å². The molecule has 0 atom stereocenters. The molecule has 0 saturated carbocycles. The van der Waals surface area contributed by atoms with E-state index >= 15 is 0 Å². The molecule has 104 valence electrons. The number of amidine groups is 1. The molecule has 2 saturated heterocycles. The van der Waals surface area contributed by atoms with Gasteiger partial charge in [0.25, 0.3) is 0 Å². The molecular formula is C13H20N4OS. The number of hydrogen-bond acceptors (Lipinski definition) is 4. The summed E-state index contributed by atoms with van der Waals surface area (Å²) in [5, 5.41) is 4.70. The summed E-state index contributed by atoms with van der Waals surface area (Å²) in [7, 11) is 2.02. The molecule has 6 heteroatoms. The number of aromatic nitrogens is 2. The van der Waals surface area contributed by atoms with Crippen LogP contribution in [0.2, 0.25) is 0 Å². The van der Waals surface area contributed by atoms with E-state index in [0.717, 1.165) is 55.8 Å². The molecule has 0 aromatic carbocycles. The van der Waals surface area contributed by atoms with Crippen LogP contribution < -0.4 is 5.32 Å². The fraction of sp³-hybridized carbons (Fsp3) is 0.692. The third-order valence-electron chi connectivity index (χ3n) is 3.82. The molecule has 2 fully saturated rings. The van der Waals surface area contributed by atoms with E-state index in [1.54, 1.807) is 0 Å². The van der Waals surface area contributed by atoms with E-state index < -0.39 is 0 Å². The Balaban J connectivity index is 1.53. The van der Waals surface area contributed by atoms with Crippen molar-refractivity contribution < 1.29 is 4.74 Å². The van der Waals surface area contributed by atoms with E-state index in [-0.39, 0.29) is 5.54 Å². The first kappa shape index (κ1) is 13.0. The Kier molecular flexibility index (Phi) is 3.79. The molecule has 2 aliphatic rings. The van der Waals surface area contributed by atoms with E-state index in [1.807, 2.05) is 31.2 Å². The zero-order chi connectivity index (χ0) is 13.1. The first-order chi connectivity index (χ1) is 9.27. The summed E-state index contributed by atoms with van der Waals surface area (Å²) in [6.45, 7) is 2.54. The van der Waals surface area contributed by atoms with Crippen molar-refractivity contribution in [3.63, 3.8) is 0 Å². The van der Waals surface area contributed by atoms with E-state index in [2.05, 4.69) is 19.9 Å². The van der Waals surface area contributed by atoms with E-state index in [4.69, 9.17) is 4.74 Å². The largest absolute Gasteiger partial charge is 0.381 e. The molecule has 5 nitrogen and oxygen atoms in total. The van der Waals surface area contributed by atoms with Crippen molar-refractivity contribution in [2.75, 3.05) is 25.5 Å². The SMILES string of the molecule is Cn1ccnc1CCN=C1NC2(CCOCC2)CS1. The van der Waals surface area contributed by atoms with E-state index in [0.29, 0.717) is 0 Å². The monoisotopic (exact) mass is 280 g/mol. The van der Waals surface area contributed by atoms with Gasteiger partial charge in [-0.05, 0) is 12.8 Å². The fourth-order valence-electron chi connectivity index (χ4n) is 2.52. The molecule has 0 unspecified atom stereocenters. The molecule has 1 aromatic rings. The lowest BCUT2D eigenvalue weighted by Gasteiger charge is -2.32. The minimum Gasteiger partial charge on any atom is -0.381 e. The number of imidazole rings is 1. The molecular weight excluding hydrogens is 260 g/mol. The zero-order valence-corrected chi connectivity index (χ0v) is 12.1. The topological polar surface area (TPSA) is 51.4 Å². The van der Waals surface area contributed by atoms with Gasteiger partial charge in [0.1, 0.15) is 5.82 Å². The van der Waals surface area contributed by atoms with Crippen LogP contribution in [0.15, 0.2) is 17.4 Å². The summed E-state index contributed by atoms with van der Waals surface area (Å²) in [5.74, 6) is 2.21. The van der Waals surface area contributed by atoms with Crippen LogP contribution in [-0.2, 0) is 18.2 Å². The maximum atomic E-state index is 5.43. The average molecular weight is 280 g/mol. The van der Waals surface area contributed by atoms with Gasteiger partial charge in [-0.15, -0.1) is 0 Å². The number of aliphatic imine (C=N–C) groups is 1. The van der Waals surface area contributed by atoms with Gasteiger partial charge in [0.05, 0.1) is 5.54 Å². The van der Waals surface area contributed by atoms with Crippen LogP contribution >= 0.6 is 11.8 Å². The Bertz CT molecular complexity index is 465. The molecule has 0 radical (unpaired) electrons. The summed E-state index contributed by atoms with van der Waals surface area (Å²) >= 11 is 1.85. The van der Waals surface area contributed by atoms with Gasteiger partial charge in [-0.2, -0.15) is 0 Å². The first-order valence-electron chi connectivity index (χ1n) is 6.77. The van der Waals surface area contributed by atoms with Gasteiger partial charge in [-0.25, -0.2) is 4.98 Å². The van der Waals surface area contributed by atoms with Crippen LogP contribution in [0.4, 0.5) is 0 Å². The predicted molar refractivity (Wildman–Crippen MR) is 77.6 cm³/mol. The van der Waals surface area contributed by atoms with Gasteiger partial charge >= 0.3 is 0 Å². The van der Waals surface area contributed by atoms with Crippen molar-refractivity contribution in [1.82, 2.24) is 14.9 Å². The van der Waals surface area contributed by atoms with Crippen molar-refractivity contribution in [3.8, 4) is 0 Å². The molecule has 0 amide bonds. The molecule has 0 aliphatic carbocycles. The van der Waals surface area contributed by atoms with Crippen LogP contribution in [0.5, 0.6) is 0 Å². The molecule has 3 rings (SSSR count). The molecule has 0 bridgehead atoms. The minimum atomic E-state index is 0.241. The highest BCUT2D eigenvalue weighted by Gasteiger charge is 2.38. The summed E-state index contributed by atoms with van der Waals surface area (Å²) < 4.78 is 7.49. The number of rotatable bonds is 3. The number of thioether (sulfide) groups is 1. The Morgan fingerprint density at radius 3 is 3.11 bits per heavy atom. The highest BCUT2D eigenvalue weighted by molar-refractivity contribution is 8.14. The lowest BCUT2D eigenvalue weighted by atomic mass is 9.93. The second-order valence-corrected chi connectivity index (χ2v) is 6.16. The van der Waals surface area contributed by atoms with Gasteiger partial charge < -0.3 is 14.6 Å². The van der Waals surface area contributed by atoms with Crippen LogP contribution in [-0.4, -0.2) is 45.8 Å². The van der Waals surface area contributed by atoms with Gasteiger partial charge in [0.2, 0.25) is 0 Å². The summed E-state index contributed by atoms with van der Waals surface area (Å²) in [6.07, 6.45) is 6.90. The maximum Gasteiger partial charge on any atom is 0.157 e. The Hall–Kier alpha value is -1.01. The van der Waals surface area contributed by atoms with Crippen molar-refractivity contribution in [1.29, 1.82) is 0 Å². The normalized spacial score (nSPS) is 23.9. The molecule has 1 spiro atoms. The quantitative estimate of drug-likeness (QED) is 0.904. The number of aryl methyl sites for hydroxylation is 1. The Morgan fingerprint density at radius 2 is 2.37 bits per heavy atom. The third-order valence-corrected chi connectivity index (χ3v) is 5.02. The summed E-state index contributed by atoms with van der Waals surface area (Å²) in [5.41, 5.74) is 0.241. The summed E-state index contributed by atoms with van der Waals surface area (Å²) in [6, 6.07) is 0. The minimum absolute atomic E-state index is 0.241. The average Bonchev–Trinajstić information content (AvgIpc) is 2.99. The predicted octanol–water partition coefficient (Wildman–Crippen LogP) is 1.20. The highest BCUT2D eigenvalue weighted by Crippen LogP contribution is 2.31. The smallest absolute Gasteiger partial charge is 0.157 e. The van der Waals surface area contributed by atoms with Crippen molar-refractivity contribution in [2.24, 2.45) is 12.0 Å². The van der Waals surface area contributed by atoms with Gasteiger partial charge in [-0.1, -0.05) is 11.8 Å². The van der Waals surface area contributed by atoms with Crippen LogP contribution in [0.1, 0.15) is 18.7 Å². The lowest BCUT2D eigenvalue weighted by molar-refractivity contribution is 0.0555. The second-order valence-electron chi connectivity index (χ2n) is 5.20. The Morgan fingerprint density at radius 1 is 1.53 bits per heavy atom. The second kappa shape index (κ2) is 5.54. The number of hydrogen-bond donors (Lipinski definition) is 1. The molecule has 19 heavy (non-hydrogen) atoms. The van der Waals surface area contributed by atoms with E-state index in [1.165, 1.54) is 0 Å².